The average molecular weight is 358 g/mol. The van der Waals surface area contributed by atoms with Crippen molar-refractivity contribution >= 4 is 17.4 Å². The molecule has 1 aromatic carbocycles. The molecule has 134 valence electrons. The van der Waals surface area contributed by atoms with Gasteiger partial charge < -0.3 is 9.80 Å². The van der Waals surface area contributed by atoms with E-state index >= 15 is 0 Å². The summed E-state index contributed by atoms with van der Waals surface area (Å²) in [5.41, 5.74) is 0.239. The van der Waals surface area contributed by atoms with Gasteiger partial charge in [0.25, 0.3) is 0 Å². The first-order valence-electron chi connectivity index (χ1n) is 8.65. The summed E-state index contributed by atoms with van der Waals surface area (Å²) >= 11 is 1.79. The number of fused-ring (bicyclic) bond motifs is 2. The van der Waals surface area contributed by atoms with E-state index in [0.29, 0.717) is 11.3 Å². The van der Waals surface area contributed by atoms with Gasteiger partial charge in [0.1, 0.15) is 0 Å². The topological polar surface area (TPSA) is 6.48 Å². The number of likely N-dealkylation sites (N-methyl/N-ethyl adjacent to an activating group) is 1. The molecule has 2 unspecified atom stereocenters. The van der Waals surface area contributed by atoms with Crippen LogP contribution >= 0.6 is 11.8 Å². The molecule has 1 fully saturated rings. The van der Waals surface area contributed by atoms with Crippen LogP contribution in [-0.2, 0) is 6.18 Å². The van der Waals surface area contributed by atoms with Crippen LogP contribution in [0.2, 0.25) is 0 Å². The van der Waals surface area contributed by atoms with Crippen LogP contribution in [0.3, 0.4) is 0 Å². The number of hydrogen-bond acceptors (Lipinski definition) is 3. The predicted molar refractivity (Wildman–Crippen MR) is 93.9 cm³/mol. The third-order valence-corrected chi connectivity index (χ3v) is 6.43. The first-order valence-corrected chi connectivity index (χ1v) is 9.53. The molecular weight excluding hydrogens is 333 g/mol. The third kappa shape index (κ3) is 3.85. The summed E-state index contributed by atoms with van der Waals surface area (Å²) in [5, 5.41) is 0.499. The summed E-state index contributed by atoms with van der Waals surface area (Å²) in [6.45, 7) is 1.63. The normalized spacial score (nSPS) is 24.5. The minimum atomic E-state index is -4.28. The first kappa shape index (κ1) is 17.9. The number of nitrogens with zero attached hydrogens (tertiary/aromatic N) is 2. The van der Waals surface area contributed by atoms with Crippen LogP contribution in [0, 0.1) is 0 Å². The maximum atomic E-state index is 13.2. The van der Waals surface area contributed by atoms with Crippen molar-refractivity contribution in [2.45, 2.75) is 54.5 Å². The van der Waals surface area contributed by atoms with Crippen molar-refractivity contribution in [2.75, 3.05) is 32.1 Å². The zero-order valence-corrected chi connectivity index (χ0v) is 15.1. The second kappa shape index (κ2) is 7.16. The van der Waals surface area contributed by atoms with E-state index in [1.54, 1.807) is 17.8 Å². The number of halogens is 3. The molecule has 1 aromatic rings. The molecule has 2 aliphatic rings. The highest BCUT2D eigenvalue weighted by atomic mass is 32.2. The molecule has 1 saturated carbocycles. The summed E-state index contributed by atoms with van der Waals surface area (Å²) in [6.07, 6.45) is 1.60. The van der Waals surface area contributed by atoms with Crippen LogP contribution in [0.15, 0.2) is 23.1 Å². The lowest BCUT2D eigenvalue weighted by Gasteiger charge is -2.43. The Morgan fingerprint density at radius 1 is 1.17 bits per heavy atom. The lowest BCUT2D eigenvalue weighted by atomic mass is 10.0. The monoisotopic (exact) mass is 358 g/mol. The number of thioether (sulfide) groups is 1. The molecule has 24 heavy (non-hydrogen) atoms. The van der Waals surface area contributed by atoms with Gasteiger partial charge in [-0.15, -0.1) is 11.8 Å². The highest BCUT2D eigenvalue weighted by Gasteiger charge is 2.38. The number of benzene rings is 1. The van der Waals surface area contributed by atoms with Gasteiger partial charge in [0.15, 0.2) is 0 Å². The van der Waals surface area contributed by atoms with Gasteiger partial charge in [-0.1, -0.05) is 19.3 Å². The highest BCUT2D eigenvalue weighted by Crippen LogP contribution is 2.47. The average Bonchev–Trinajstić information content (AvgIpc) is 2.75. The summed E-state index contributed by atoms with van der Waals surface area (Å²) < 4.78 is 39.5. The second-order valence-electron chi connectivity index (χ2n) is 7.04. The van der Waals surface area contributed by atoms with Crippen molar-refractivity contribution in [2.24, 2.45) is 0 Å². The van der Waals surface area contributed by atoms with Gasteiger partial charge in [0.05, 0.1) is 11.3 Å². The van der Waals surface area contributed by atoms with Crippen LogP contribution in [0.5, 0.6) is 0 Å². The van der Waals surface area contributed by atoms with Gasteiger partial charge in [0.2, 0.25) is 0 Å². The van der Waals surface area contributed by atoms with Crippen molar-refractivity contribution < 1.29 is 13.2 Å². The van der Waals surface area contributed by atoms with Crippen LogP contribution < -0.4 is 4.90 Å². The van der Waals surface area contributed by atoms with Gasteiger partial charge >= 0.3 is 6.18 Å². The Bertz CT molecular complexity index is 574. The lowest BCUT2D eigenvalue weighted by Crippen LogP contribution is -2.47. The molecule has 0 bridgehead atoms. The Balaban J connectivity index is 1.97. The van der Waals surface area contributed by atoms with E-state index in [-0.39, 0.29) is 0 Å². The molecule has 1 aliphatic carbocycles. The first-order chi connectivity index (χ1) is 11.4. The van der Waals surface area contributed by atoms with Crippen LogP contribution in [0.25, 0.3) is 0 Å². The summed E-state index contributed by atoms with van der Waals surface area (Å²) in [7, 11) is 4.02. The molecule has 1 aliphatic heterocycles. The van der Waals surface area contributed by atoms with Crippen LogP contribution in [0.4, 0.5) is 18.9 Å². The van der Waals surface area contributed by atoms with Gasteiger partial charge in [0, 0.05) is 29.3 Å². The molecule has 0 spiro atoms. The van der Waals surface area contributed by atoms with E-state index in [1.807, 2.05) is 14.1 Å². The zero-order chi connectivity index (χ0) is 17.3. The standard InChI is InChI=1S/C18H25F3N2S/c1-22(2)10-11-23-14-6-4-3-5-7-16(14)24-17-9-8-13(12-15(17)23)18(19,20)21/h8-9,12,14,16H,3-7,10-11H2,1-2H3. The Morgan fingerprint density at radius 2 is 1.92 bits per heavy atom. The highest BCUT2D eigenvalue weighted by molar-refractivity contribution is 8.00. The number of alkyl halides is 3. The molecule has 0 amide bonds. The van der Waals surface area contributed by atoms with Gasteiger partial charge in [-0.3, -0.25) is 0 Å². The summed E-state index contributed by atoms with van der Waals surface area (Å²) in [4.78, 5) is 5.36. The quantitative estimate of drug-likeness (QED) is 0.760. The SMILES string of the molecule is CN(C)CCN1c2cc(C(F)(F)F)ccc2SC2CCCCCC21. The molecule has 6 heteroatoms. The molecule has 1 heterocycles. The number of rotatable bonds is 3. The zero-order valence-electron chi connectivity index (χ0n) is 14.3. The smallest absolute Gasteiger partial charge is 0.365 e. The predicted octanol–water partition coefficient (Wildman–Crippen LogP) is 4.88. The van der Waals surface area contributed by atoms with E-state index in [1.165, 1.54) is 31.4 Å². The molecular formula is C18H25F3N2S. The Hall–Kier alpha value is -0.880. The molecule has 2 nitrogen and oxygen atoms in total. The van der Waals surface area contributed by atoms with Gasteiger partial charge in [-0.25, -0.2) is 0 Å². The van der Waals surface area contributed by atoms with Gasteiger partial charge in [-0.2, -0.15) is 13.2 Å². The maximum Gasteiger partial charge on any atom is 0.416 e. The van der Waals surface area contributed by atoms with E-state index in [4.69, 9.17) is 0 Å². The van der Waals surface area contributed by atoms with Crippen LogP contribution in [0.1, 0.15) is 37.7 Å². The van der Waals surface area contributed by atoms with E-state index in [0.717, 1.165) is 36.5 Å². The Kier molecular flexibility index (Phi) is 5.35. The fourth-order valence-corrected chi connectivity index (χ4v) is 5.20. The molecule has 0 saturated heterocycles. The van der Waals surface area contributed by atoms with E-state index in [9.17, 15) is 13.2 Å². The van der Waals surface area contributed by atoms with Crippen molar-refractivity contribution in [3.8, 4) is 0 Å². The molecule has 0 aromatic heterocycles. The lowest BCUT2D eigenvalue weighted by molar-refractivity contribution is -0.137. The Morgan fingerprint density at radius 3 is 2.62 bits per heavy atom. The van der Waals surface area contributed by atoms with E-state index < -0.39 is 11.7 Å². The number of hydrogen-bond donors (Lipinski definition) is 0. The second-order valence-corrected chi connectivity index (χ2v) is 8.32. The minimum Gasteiger partial charge on any atom is -0.365 e. The van der Waals surface area contributed by atoms with Gasteiger partial charge in [-0.05, 0) is 45.1 Å². The fourth-order valence-electron chi connectivity index (χ4n) is 3.70. The Labute approximate surface area is 146 Å². The van der Waals surface area contributed by atoms with Crippen molar-refractivity contribution in [1.29, 1.82) is 0 Å². The largest absolute Gasteiger partial charge is 0.416 e. The van der Waals surface area contributed by atoms with Crippen molar-refractivity contribution in [3.63, 3.8) is 0 Å². The van der Waals surface area contributed by atoms with Crippen molar-refractivity contribution in [3.05, 3.63) is 23.8 Å². The van der Waals surface area contributed by atoms with E-state index in [2.05, 4.69) is 9.80 Å². The third-order valence-electron chi connectivity index (χ3n) is 4.98. The fraction of sp³-hybridized carbons (Fsp3) is 0.667. The molecule has 0 N–H and O–H groups in total. The summed E-state index contributed by atoms with van der Waals surface area (Å²) in [6, 6.07) is 4.62. The van der Waals surface area contributed by atoms with Crippen LogP contribution in [-0.4, -0.2) is 43.4 Å². The minimum absolute atomic E-state index is 0.355. The van der Waals surface area contributed by atoms with Crippen molar-refractivity contribution in [1.82, 2.24) is 4.90 Å². The molecule has 3 rings (SSSR count). The number of anilines is 1. The summed E-state index contributed by atoms with van der Waals surface area (Å²) in [5.74, 6) is 0. The molecule has 0 radical (unpaired) electrons. The maximum absolute atomic E-state index is 13.2. The molecule has 2 atom stereocenters.